The molecule has 0 atom stereocenters. The average Bonchev–Trinajstić information content (AvgIpc) is 2.26. The minimum atomic E-state index is -0.821. The third-order valence-electron chi connectivity index (χ3n) is 1.50. The fourth-order valence-corrected chi connectivity index (χ4v) is 0.801. The molecule has 0 aromatic rings. The summed E-state index contributed by atoms with van der Waals surface area (Å²) in [5.74, 6) is -1.42. The van der Waals surface area contributed by atoms with E-state index in [2.05, 4.69) is 9.57 Å². The van der Waals surface area contributed by atoms with E-state index >= 15 is 0 Å². The summed E-state index contributed by atoms with van der Waals surface area (Å²) in [4.78, 5) is 46.8. The standard InChI is InChI=1S/C9H13NO6/c1-2-3-8(13)10(6-11)16-9(14)4-5-15-7-12/h6-7H,2-5H2,1H3. The molecule has 0 saturated heterocycles. The van der Waals surface area contributed by atoms with Gasteiger partial charge in [-0.2, -0.15) is 0 Å². The molecule has 0 radical (unpaired) electrons. The number of hydrogen-bond donors (Lipinski definition) is 0. The average molecular weight is 231 g/mol. The Labute approximate surface area is 92.2 Å². The highest BCUT2D eigenvalue weighted by Gasteiger charge is 2.16. The van der Waals surface area contributed by atoms with Crippen molar-refractivity contribution in [3.05, 3.63) is 0 Å². The molecule has 0 unspecified atom stereocenters. The lowest BCUT2D eigenvalue weighted by Gasteiger charge is -2.13. The van der Waals surface area contributed by atoms with Crippen LogP contribution in [-0.2, 0) is 28.8 Å². The van der Waals surface area contributed by atoms with Gasteiger partial charge < -0.3 is 9.57 Å². The quantitative estimate of drug-likeness (QED) is 0.342. The van der Waals surface area contributed by atoms with Crippen molar-refractivity contribution in [1.29, 1.82) is 0 Å². The van der Waals surface area contributed by atoms with Gasteiger partial charge in [0.15, 0.2) is 0 Å². The first-order chi connectivity index (χ1) is 7.65. The second-order valence-corrected chi connectivity index (χ2v) is 2.76. The van der Waals surface area contributed by atoms with Gasteiger partial charge in [-0.1, -0.05) is 6.92 Å². The molecule has 0 spiro atoms. The first-order valence-electron chi connectivity index (χ1n) is 4.69. The van der Waals surface area contributed by atoms with E-state index in [-0.39, 0.29) is 32.3 Å². The van der Waals surface area contributed by atoms with Crippen molar-refractivity contribution in [2.24, 2.45) is 0 Å². The van der Waals surface area contributed by atoms with Gasteiger partial charge in [0, 0.05) is 6.42 Å². The summed E-state index contributed by atoms with van der Waals surface area (Å²) in [6, 6.07) is 0. The van der Waals surface area contributed by atoms with E-state index in [1.165, 1.54) is 0 Å². The summed E-state index contributed by atoms with van der Waals surface area (Å²) < 4.78 is 4.25. The molecule has 0 saturated carbocycles. The van der Waals surface area contributed by atoms with E-state index in [0.717, 1.165) is 0 Å². The van der Waals surface area contributed by atoms with Crippen LogP contribution in [0, 0.1) is 0 Å². The van der Waals surface area contributed by atoms with Crippen molar-refractivity contribution in [3.63, 3.8) is 0 Å². The Kier molecular flexibility index (Phi) is 7.39. The predicted molar refractivity (Wildman–Crippen MR) is 50.5 cm³/mol. The number of hydroxylamine groups is 2. The first kappa shape index (κ1) is 14.1. The molecule has 7 nitrogen and oxygen atoms in total. The maximum absolute atomic E-state index is 11.2. The Bertz CT molecular complexity index is 265. The third kappa shape index (κ3) is 5.74. The minimum absolute atomic E-state index is 0.108. The molecule has 0 N–H and O–H groups in total. The monoisotopic (exact) mass is 231 g/mol. The van der Waals surface area contributed by atoms with E-state index in [1.54, 1.807) is 6.92 Å². The number of amides is 2. The number of rotatable bonds is 7. The second-order valence-electron chi connectivity index (χ2n) is 2.76. The van der Waals surface area contributed by atoms with Crippen molar-refractivity contribution in [2.45, 2.75) is 26.2 Å². The van der Waals surface area contributed by atoms with Crippen molar-refractivity contribution < 1.29 is 28.8 Å². The van der Waals surface area contributed by atoms with Crippen LogP contribution < -0.4 is 0 Å². The fraction of sp³-hybridized carbons (Fsp3) is 0.556. The van der Waals surface area contributed by atoms with E-state index in [4.69, 9.17) is 0 Å². The smallest absolute Gasteiger partial charge is 0.336 e. The van der Waals surface area contributed by atoms with Crippen LogP contribution in [0.1, 0.15) is 26.2 Å². The van der Waals surface area contributed by atoms with Crippen LogP contribution in [-0.4, -0.2) is 36.4 Å². The van der Waals surface area contributed by atoms with E-state index in [9.17, 15) is 19.2 Å². The van der Waals surface area contributed by atoms with Crippen molar-refractivity contribution >= 4 is 24.8 Å². The van der Waals surface area contributed by atoms with Gasteiger partial charge in [0.05, 0.1) is 6.42 Å². The van der Waals surface area contributed by atoms with E-state index < -0.39 is 11.9 Å². The second kappa shape index (κ2) is 8.39. The normalized spacial score (nSPS) is 9.06. The van der Waals surface area contributed by atoms with Gasteiger partial charge in [-0.25, -0.2) is 4.79 Å². The molecule has 0 aromatic heterocycles. The number of carbonyl (C=O) groups is 4. The van der Waals surface area contributed by atoms with Crippen LogP contribution >= 0.6 is 0 Å². The fourth-order valence-electron chi connectivity index (χ4n) is 0.801. The molecule has 0 aliphatic carbocycles. The lowest BCUT2D eigenvalue weighted by Crippen LogP contribution is -2.32. The first-order valence-corrected chi connectivity index (χ1v) is 4.69. The molecule has 0 bridgehead atoms. The minimum Gasteiger partial charge on any atom is -0.467 e. The molecule has 0 aliphatic rings. The van der Waals surface area contributed by atoms with Gasteiger partial charge in [0.1, 0.15) is 6.61 Å². The molecule has 0 aliphatic heterocycles. The van der Waals surface area contributed by atoms with Crippen LogP contribution in [0.15, 0.2) is 0 Å². The van der Waals surface area contributed by atoms with Gasteiger partial charge in [-0.3, -0.25) is 14.4 Å². The Hall–Kier alpha value is -1.92. The van der Waals surface area contributed by atoms with Crippen LogP contribution in [0.4, 0.5) is 0 Å². The third-order valence-corrected chi connectivity index (χ3v) is 1.50. The van der Waals surface area contributed by atoms with Crippen LogP contribution in [0.2, 0.25) is 0 Å². The number of ether oxygens (including phenoxy) is 1. The molecule has 0 aromatic carbocycles. The van der Waals surface area contributed by atoms with Crippen LogP contribution in [0.5, 0.6) is 0 Å². The Morgan fingerprint density at radius 3 is 2.44 bits per heavy atom. The molecule has 0 fully saturated rings. The van der Waals surface area contributed by atoms with Crippen LogP contribution in [0.3, 0.4) is 0 Å². The lowest BCUT2D eigenvalue weighted by molar-refractivity contribution is -0.197. The number of nitrogens with zero attached hydrogens (tertiary/aromatic N) is 1. The zero-order valence-electron chi connectivity index (χ0n) is 8.88. The Balaban J connectivity index is 4.01. The largest absolute Gasteiger partial charge is 0.467 e. The number of imide groups is 1. The molecule has 90 valence electrons. The predicted octanol–water partition coefficient (Wildman–Crippen LogP) is -0.207. The molecule has 0 heterocycles. The highest BCUT2D eigenvalue weighted by molar-refractivity contribution is 5.86. The van der Waals surface area contributed by atoms with Gasteiger partial charge in [-0.15, -0.1) is 5.06 Å². The summed E-state index contributed by atoms with van der Waals surface area (Å²) >= 11 is 0. The van der Waals surface area contributed by atoms with E-state index in [1.807, 2.05) is 0 Å². The highest BCUT2D eigenvalue weighted by atomic mass is 16.7. The van der Waals surface area contributed by atoms with Crippen molar-refractivity contribution in [3.8, 4) is 0 Å². The summed E-state index contributed by atoms with van der Waals surface area (Å²) in [6.07, 6.45) is 0.546. The van der Waals surface area contributed by atoms with Crippen LogP contribution in [0.25, 0.3) is 0 Å². The maximum atomic E-state index is 11.2. The summed E-state index contributed by atoms with van der Waals surface area (Å²) in [5, 5.41) is 0.340. The molecule has 7 heteroatoms. The number of hydrogen-bond acceptors (Lipinski definition) is 6. The summed E-state index contributed by atoms with van der Waals surface area (Å²) in [7, 11) is 0. The van der Waals surface area contributed by atoms with Crippen molar-refractivity contribution in [2.75, 3.05) is 6.61 Å². The zero-order valence-corrected chi connectivity index (χ0v) is 8.88. The summed E-state index contributed by atoms with van der Waals surface area (Å²) in [6.45, 7) is 1.78. The Morgan fingerprint density at radius 2 is 1.94 bits per heavy atom. The van der Waals surface area contributed by atoms with Gasteiger partial charge in [0.2, 0.25) is 0 Å². The van der Waals surface area contributed by atoms with Gasteiger partial charge in [0.25, 0.3) is 18.8 Å². The van der Waals surface area contributed by atoms with Gasteiger partial charge >= 0.3 is 5.97 Å². The molecule has 2 amide bonds. The summed E-state index contributed by atoms with van der Waals surface area (Å²) in [5.41, 5.74) is 0. The lowest BCUT2D eigenvalue weighted by atomic mass is 10.3. The molecular formula is C9H13NO6. The number of carbonyl (C=O) groups excluding carboxylic acids is 4. The van der Waals surface area contributed by atoms with Gasteiger partial charge in [-0.05, 0) is 6.42 Å². The zero-order chi connectivity index (χ0) is 12.4. The molecule has 0 rings (SSSR count). The highest BCUT2D eigenvalue weighted by Crippen LogP contribution is 1.98. The maximum Gasteiger partial charge on any atom is 0.336 e. The Morgan fingerprint density at radius 1 is 1.25 bits per heavy atom. The molecular weight excluding hydrogens is 218 g/mol. The molecule has 16 heavy (non-hydrogen) atoms. The van der Waals surface area contributed by atoms with Crippen molar-refractivity contribution in [1.82, 2.24) is 5.06 Å². The topological polar surface area (TPSA) is 90.0 Å². The van der Waals surface area contributed by atoms with E-state index in [0.29, 0.717) is 11.5 Å². The SMILES string of the molecule is CCCC(=O)N(C=O)OC(=O)CCOC=O.